The number of aliphatic hydroxyl groups is 1. The van der Waals surface area contributed by atoms with Crippen LogP contribution in [0.2, 0.25) is 0 Å². The number of nitrogens with zero attached hydrogens (tertiary/aromatic N) is 2. The molecule has 0 fully saturated rings. The lowest BCUT2D eigenvalue weighted by atomic mass is 10.2. The van der Waals surface area contributed by atoms with Crippen LogP contribution in [-0.2, 0) is 6.54 Å². The number of hydrogen-bond acceptors (Lipinski definition) is 4. The van der Waals surface area contributed by atoms with Crippen molar-refractivity contribution >= 4 is 5.82 Å². The first-order valence-corrected chi connectivity index (χ1v) is 5.46. The van der Waals surface area contributed by atoms with Crippen LogP contribution < -0.4 is 10.6 Å². The predicted octanol–water partition coefficient (Wildman–Crippen LogP) is 1.21. The lowest BCUT2D eigenvalue weighted by Crippen LogP contribution is -2.37. The van der Waals surface area contributed by atoms with Gasteiger partial charge in [-0.15, -0.1) is 0 Å². The number of alkyl halides is 3. The molecule has 0 unspecified atom stereocenters. The van der Waals surface area contributed by atoms with Crippen molar-refractivity contribution in [2.75, 3.05) is 24.6 Å². The predicted molar refractivity (Wildman–Crippen MR) is 62.2 cm³/mol. The molecule has 1 aromatic heterocycles. The molecule has 0 aliphatic carbocycles. The lowest BCUT2D eigenvalue weighted by Gasteiger charge is -2.24. The second-order valence-corrected chi connectivity index (χ2v) is 3.94. The number of nitrogens with two attached hydrogens (primary N) is 1. The summed E-state index contributed by atoms with van der Waals surface area (Å²) in [6, 6.07) is 3.22. The van der Waals surface area contributed by atoms with Crippen molar-refractivity contribution in [1.29, 1.82) is 0 Å². The van der Waals surface area contributed by atoms with Crippen molar-refractivity contribution in [3.63, 3.8) is 0 Å². The van der Waals surface area contributed by atoms with Crippen LogP contribution >= 0.6 is 0 Å². The highest BCUT2D eigenvalue weighted by Crippen LogP contribution is 2.21. The minimum atomic E-state index is -4.34. The Balaban J connectivity index is 3.01. The summed E-state index contributed by atoms with van der Waals surface area (Å²) in [5.74, 6) is 0.182. The molecule has 0 atom stereocenters. The zero-order valence-electron chi connectivity index (χ0n) is 10.0. The summed E-state index contributed by atoms with van der Waals surface area (Å²) in [5.41, 5.74) is 6.78. The molecule has 0 amide bonds. The second kappa shape index (κ2) is 6.01. The zero-order chi connectivity index (χ0) is 13.8. The molecule has 3 N–H and O–H groups in total. The fraction of sp³-hybridized carbons (Fsp3) is 0.545. The van der Waals surface area contributed by atoms with E-state index in [4.69, 9.17) is 10.8 Å². The molecule has 0 saturated heterocycles. The number of aliphatic hydroxyl groups excluding tert-OH is 1. The molecular formula is C11H16F3N3O. The highest BCUT2D eigenvalue weighted by molar-refractivity contribution is 5.43. The van der Waals surface area contributed by atoms with E-state index in [0.29, 0.717) is 11.3 Å². The van der Waals surface area contributed by atoms with Crippen LogP contribution in [0.25, 0.3) is 0 Å². The van der Waals surface area contributed by atoms with E-state index in [-0.39, 0.29) is 25.5 Å². The van der Waals surface area contributed by atoms with Gasteiger partial charge >= 0.3 is 6.18 Å². The van der Waals surface area contributed by atoms with Crippen LogP contribution in [0.3, 0.4) is 0 Å². The van der Waals surface area contributed by atoms with E-state index >= 15 is 0 Å². The van der Waals surface area contributed by atoms with Gasteiger partial charge in [0.15, 0.2) is 0 Å². The Kier molecular flexibility index (Phi) is 4.92. The Labute approximate surface area is 103 Å². The number of anilines is 1. The van der Waals surface area contributed by atoms with E-state index in [1.165, 1.54) is 6.07 Å². The van der Waals surface area contributed by atoms with Crippen LogP contribution in [0.15, 0.2) is 12.1 Å². The Bertz CT molecular complexity index is 396. The minimum Gasteiger partial charge on any atom is -0.395 e. The van der Waals surface area contributed by atoms with Crippen LogP contribution in [0.5, 0.6) is 0 Å². The molecule has 18 heavy (non-hydrogen) atoms. The third kappa shape index (κ3) is 4.50. The van der Waals surface area contributed by atoms with Crippen LogP contribution in [0.4, 0.5) is 19.0 Å². The Morgan fingerprint density at radius 3 is 2.56 bits per heavy atom. The van der Waals surface area contributed by atoms with Crippen LogP contribution in [0, 0.1) is 6.92 Å². The van der Waals surface area contributed by atoms with E-state index in [1.54, 1.807) is 13.0 Å². The number of aromatic nitrogens is 1. The fourth-order valence-electron chi connectivity index (χ4n) is 1.61. The summed E-state index contributed by atoms with van der Waals surface area (Å²) in [6.45, 7) is 0.278. The lowest BCUT2D eigenvalue weighted by molar-refractivity contribution is -0.120. The van der Waals surface area contributed by atoms with Crippen LogP contribution in [-0.4, -0.2) is 36.0 Å². The zero-order valence-corrected chi connectivity index (χ0v) is 10.0. The average molecular weight is 263 g/mol. The quantitative estimate of drug-likeness (QED) is 0.838. The Morgan fingerprint density at radius 1 is 1.39 bits per heavy atom. The summed E-state index contributed by atoms with van der Waals surface area (Å²) in [6.07, 6.45) is -4.34. The molecule has 1 aromatic rings. The third-order valence-electron chi connectivity index (χ3n) is 2.30. The summed E-state index contributed by atoms with van der Waals surface area (Å²) >= 11 is 0. The number of rotatable bonds is 5. The maximum atomic E-state index is 12.4. The van der Waals surface area contributed by atoms with Gasteiger partial charge in [-0.3, -0.25) is 0 Å². The van der Waals surface area contributed by atoms with E-state index < -0.39 is 12.7 Å². The molecule has 0 spiro atoms. The van der Waals surface area contributed by atoms with Gasteiger partial charge in [-0.25, -0.2) is 4.98 Å². The van der Waals surface area contributed by atoms with E-state index in [9.17, 15) is 13.2 Å². The van der Waals surface area contributed by atoms with Gasteiger partial charge in [-0.05, 0) is 24.6 Å². The molecule has 102 valence electrons. The molecule has 0 bridgehead atoms. The van der Waals surface area contributed by atoms with Gasteiger partial charge in [0.1, 0.15) is 12.4 Å². The Hall–Kier alpha value is -1.34. The summed E-state index contributed by atoms with van der Waals surface area (Å²) < 4.78 is 37.3. The first kappa shape index (κ1) is 14.7. The smallest absolute Gasteiger partial charge is 0.395 e. The van der Waals surface area contributed by atoms with Crippen molar-refractivity contribution in [3.05, 3.63) is 23.4 Å². The standard InChI is InChI=1S/C11H16F3N3O/c1-8-4-9(6-15)5-10(16-8)17(2-3-18)7-11(12,13)14/h4-5,18H,2-3,6-7,15H2,1H3. The monoisotopic (exact) mass is 263 g/mol. The van der Waals surface area contributed by atoms with Gasteiger partial charge in [0.2, 0.25) is 0 Å². The van der Waals surface area contributed by atoms with Gasteiger partial charge in [0.25, 0.3) is 0 Å². The number of aryl methyl sites for hydroxylation is 1. The third-order valence-corrected chi connectivity index (χ3v) is 2.30. The largest absolute Gasteiger partial charge is 0.405 e. The molecule has 4 nitrogen and oxygen atoms in total. The Morgan fingerprint density at radius 2 is 2.06 bits per heavy atom. The topological polar surface area (TPSA) is 62.4 Å². The maximum absolute atomic E-state index is 12.4. The molecule has 7 heteroatoms. The first-order chi connectivity index (χ1) is 8.35. The molecular weight excluding hydrogens is 247 g/mol. The second-order valence-electron chi connectivity index (χ2n) is 3.94. The molecule has 0 aliphatic rings. The van der Waals surface area contributed by atoms with Crippen LogP contribution in [0.1, 0.15) is 11.3 Å². The van der Waals surface area contributed by atoms with Gasteiger partial charge in [0, 0.05) is 18.8 Å². The van der Waals surface area contributed by atoms with Crippen molar-refractivity contribution in [3.8, 4) is 0 Å². The van der Waals surface area contributed by atoms with E-state index in [2.05, 4.69) is 4.98 Å². The van der Waals surface area contributed by atoms with E-state index in [0.717, 1.165) is 4.90 Å². The molecule has 1 heterocycles. The number of pyridine rings is 1. The summed E-state index contributed by atoms with van der Waals surface area (Å²) in [5, 5.41) is 8.83. The first-order valence-electron chi connectivity index (χ1n) is 5.46. The maximum Gasteiger partial charge on any atom is 0.405 e. The van der Waals surface area contributed by atoms with Gasteiger partial charge in [-0.1, -0.05) is 0 Å². The summed E-state index contributed by atoms with van der Waals surface area (Å²) in [7, 11) is 0. The summed E-state index contributed by atoms with van der Waals surface area (Å²) in [4.78, 5) is 5.04. The van der Waals surface area contributed by atoms with Gasteiger partial charge < -0.3 is 15.7 Å². The number of halogens is 3. The SMILES string of the molecule is Cc1cc(CN)cc(N(CCO)CC(F)(F)F)n1. The van der Waals surface area contributed by atoms with Crippen molar-refractivity contribution < 1.29 is 18.3 Å². The molecule has 1 rings (SSSR count). The molecule has 0 radical (unpaired) electrons. The van der Waals surface area contributed by atoms with Crippen molar-refractivity contribution in [2.24, 2.45) is 5.73 Å². The minimum absolute atomic E-state index is 0.125. The number of hydrogen-bond donors (Lipinski definition) is 2. The van der Waals surface area contributed by atoms with E-state index in [1.807, 2.05) is 0 Å². The van der Waals surface area contributed by atoms with Gasteiger partial charge in [0.05, 0.1) is 6.61 Å². The van der Waals surface area contributed by atoms with Crippen molar-refractivity contribution in [1.82, 2.24) is 4.98 Å². The highest BCUT2D eigenvalue weighted by atomic mass is 19.4. The average Bonchev–Trinajstić information content (AvgIpc) is 2.26. The molecule has 0 aliphatic heterocycles. The molecule has 0 aromatic carbocycles. The highest BCUT2D eigenvalue weighted by Gasteiger charge is 2.31. The normalized spacial score (nSPS) is 11.7. The molecule has 0 saturated carbocycles. The van der Waals surface area contributed by atoms with Crippen molar-refractivity contribution in [2.45, 2.75) is 19.6 Å². The van der Waals surface area contributed by atoms with Gasteiger partial charge in [-0.2, -0.15) is 13.2 Å². The fourth-order valence-corrected chi connectivity index (χ4v) is 1.61.